The third-order valence-electron chi connectivity index (χ3n) is 3.54. The molecule has 0 saturated heterocycles. The van der Waals surface area contributed by atoms with Crippen molar-refractivity contribution in [1.82, 2.24) is 14.6 Å². The van der Waals surface area contributed by atoms with Gasteiger partial charge < -0.3 is 11.1 Å². The molecule has 0 saturated carbocycles. The number of aromatic nitrogens is 3. The van der Waals surface area contributed by atoms with E-state index in [4.69, 9.17) is 10.7 Å². The summed E-state index contributed by atoms with van der Waals surface area (Å²) < 4.78 is 2.69. The van der Waals surface area contributed by atoms with Crippen LogP contribution in [0.5, 0.6) is 0 Å². The Kier molecular flexibility index (Phi) is 4.40. The van der Waals surface area contributed by atoms with Crippen LogP contribution in [-0.2, 0) is 0 Å². The van der Waals surface area contributed by atoms with Crippen LogP contribution in [0.3, 0.4) is 0 Å². The average Bonchev–Trinajstić information content (AvgIpc) is 2.90. The maximum Gasteiger partial charge on any atom is 0.172 e. The molecule has 0 radical (unpaired) electrons. The largest absolute Gasteiger partial charge is 0.370 e. The van der Waals surface area contributed by atoms with Crippen molar-refractivity contribution in [1.29, 1.82) is 0 Å². The van der Waals surface area contributed by atoms with Gasteiger partial charge in [-0.25, -0.2) is 4.98 Å². The average molecular weight is 360 g/mol. The number of nitrogens with two attached hydrogens (primary N) is 1. The second kappa shape index (κ2) is 6.46. The minimum absolute atomic E-state index is 0.661. The Hall–Kier alpha value is -1.92. The molecule has 0 unspecified atom stereocenters. The van der Waals surface area contributed by atoms with E-state index in [0.29, 0.717) is 6.54 Å². The number of hydrogen-bond donors (Lipinski definition) is 2. The van der Waals surface area contributed by atoms with Crippen molar-refractivity contribution in [2.75, 3.05) is 18.4 Å². The summed E-state index contributed by atoms with van der Waals surface area (Å²) in [5.41, 5.74) is 9.62. The summed E-state index contributed by atoms with van der Waals surface area (Å²) in [5.74, 6) is 0.919. The van der Waals surface area contributed by atoms with Crippen LogP contribution >= 0.6 is 15.9 Å². The summed E-state index contributed by atoms with van der Waals surface area (Å²) in [6.45, 7) is 3.56. The molecular weight excluding hydrogens is 342 g/mol. The van der Waals surface area contributed by atoms with Crippen LogP contribution in [0.15, 0.2) is 41.0 Å². The van der Waals surface area contributed by atoms with E-state index < -0.39 is 0 Å². The van der Waals surface area contributed by atoms with Crippen molar-refractivity contribution in [3.63, 3.8) is 0 Å². The second-order valence-electron chi connectivity index (χ2n) is 5.14. The van der Waals surface area contributed by atoms with E-state index in [9.17, 15) is 0 Å². The van der Waals surface area contributed by atoms with Crippen LogP contribution in [0, 0.1) is 6.92 Å². The maximum atomic E-state index is 5.57. The summed E-state index contributed by atoms with van der Waals surface area (Å²) in [6.07, 6.45) is 2.67. The summed E-state index contributed by atoms with van der Waals surface area (Å²) in [6, 6.07) is 10.3. The smallest absolute Gasteiger partial charge is 0.172 e. The molecule has 3 aromatic rings. The van der Waals surface area contributed by atoms with Gasteiger partial charge in [0.05, 0.1) is 16.4 Å². The van der Waals surface area contributed by atoms with Crippen LogP contribution in [-0.4, -0.2) is 27.7 Å². The van der Waals surface area contributed by atoms with Crippen molar-refractivity contribution in [2.24, 2.45) is 5.73 Å². The van der Waals surface area contributed by atoms with Crippen LogP contribution < -0.4 is 11.1 Å². The maximum absolute atomic E-state index is 5.57. The van der Waals surface area contributed by atoms with Crippen molar-refractivity contribution in [2.45, 2.75) is 13.3 Å². The fourth-order valence-corrected chi connectivity index (χ4v) is 2.73. The molecule has 0 bridgehead atoms. The number of anilines is 1. The Labute approximate surface area is 137 Å². The van der Waals surface area contributed by atoms with Gasteiger partial charge in [0.1, 0.15) is 5.82 Å². The molecule has 0 aliphatic carbocycles. The number of nitrogens with one attached hydrogen (secondary N) is 1. The molecule has 5 nitrogen and oxygen atoms in total. The number of fused-ring (bicyclic) bond motifs is 1. The SMILES string of the molecule is Cc1ccccc1-c1cc(NCCCN)n2ncc(Br)c2n1. The fraction of sp³-hybridized carbons (Fsp3) is 0.250. The summed E-state index contributed by atoms with van der Waals surface area (Å²) in [5, 5.41) is 7.76. The molecule has 2 aromatic heterocycles. The molecule has 0 aliphatic rings. The molecule has 3 rings (SSSR count). The zero-order valence-corrected chi connectivity index (χ0v) is 14.0. The lowest BCUT2D eigenvalue weighted by Crippen LogP contribution is -2.11. The molecule has 2 heterocycles. The van der Waals surface area contributed by atoms with E-state index in [-0.39, 0.29) is 0 Å². The van der Waals surface area contributed by atoms with Gasteiger partial charge in [0, 0.05) is 18.2 Å². The molecule has 0 atom stereocenters. The van der Waals surface area contributed by atoms with E-state index >= 15 is 0 Å². The number of nitrogens with zero attached hydrogens (tertiary/aromatic N) is 3. The quantitative estimate of drug-likeness (QED) is 0.686. The number of benzene rings is 1. The van der Waals surface area contributed by atoms with Gasteiger partial charge in [-0.3, -0.25) is 0 Å². The van der Waals surface area contributed by atoms with Crippen molar-refractivity contribution in [3.8, 4) is 11.3 Å². The van der Waals surface area contributed by atoms with Gasteiger partial charge in [-0.1, -0.05) is 24.3 Å². The van der Waals surface area contributed by atoms with Gasteiger partial charge in [-0.15, -0.1) is 0 Å². The van der Waals surface area contributed by atoms with Gasteiger partial charge in [-0.2, -0.15) is 9.61 Å². The van der Waals surface area contributed by atoms with E-state index in [1.165, 1.54) is 5.56 Å². The fourth-order valence-electron chi connectivity index (χ4n) is 2.38. The number of rotatable bonds is 5. The molecule has 3 N–H and O–H groups in total. The van der Waals surface area contributed by atoms with E-state index in [0.717, 1.165) is 40.2 Å². The Morgan fingerprint density at radius 3 is 2.91 bits per heavy atom. The second-order valence-corrected chi connectivity index (χ2v) is 5.99. The first kappa shape index (κ1) is 15.0. The number of hydrogen-bond acceptors (Lipinski definition) is 4. The number of aryl methyl sites for hydroxylation is 1. The Morgan fingerprint density at radius 1 is 1.32 bits per heavy atom. The first-order valence-electron chi connectivity index (χ1n) is 7.25. The number of halogens is 1. The van der Waals surface area contributed by atoms with Crippen LogP contribution in [0.2, 0.25) is 0 Å². The molecule has 0 aliphatic heterocycles. The molecular formula is C16H18BrN5. The molecule has 0 fully saturated rings. The molecule has 6 heteroatoms. The Morgan fingerprint density at radius 2 is 2.14 bits per heavy atom. The summed E-state index contributed by atoms with van der Waals surface area (Å²) in [4.78, 5) is 4.74. The van der Waals surface area contributed by atoms with E-state index in [2.05, 4.69) is 45.4 Å². The molecule has 0 spiro atoms. The zero-order valence-electron chi connectivity index (χ0n) is 12.4. The highest BCUT2D eigenvalue weighted by atomic mass is 79.9. The lowest BCUT2D eigenvalue weighted by atomic mass is 10.1. The van der Waals surface area contributed by atoms with Gasteiger partial charge in [-0.05, 0) is 41.4 Å². The van der Waals surface area contributed by atoms with Gasteiger partial charge in [0.2, 0.25) is 0 Å². The lowest BCUT2D eigenvalue weighted by molar-refractivity contribution is 0.852. The van der Waals surface area contributed by atoms with E-state index in [1.54, 1.807) is 6.20 Å². The van der Waals surface area contributed by atoms with Gasteiger partial charge in [0.15, 0.2) is 5.65 Å². The standard InChI is InChI=1S/C16H18BrN5/c1-11-5-2-3-6-12(11)14-9-15(19-8-4-7-18)22-16(21-14)13(17)10-20-22/h2-3,5-6,9-10,19H,4,7-8,18H2,1H3. The normalized spacial score (nSPS) is 11.0. The van der Waals surface area contributed by atoms with Crippen LogP contribution in [0.25, 0.3) is 16.9 Å². The van der Waals surface area contributed by atoms with Crippen molar-refractivity contribution < 1.29 is 0 Å². The van der Waals surface area contributed by atoms with Crippen LogP contribution in [0.4, 0.5) is 5.82 Å². The van der Waals surface area contributed by atoms with Gasteiger partial charge >= 0.3 is 0 Å². The summed E-state index contributed by atoms with van der Waals surface area (Å²) >= 11 is 3.51. The molecule has 114 valence electrons. The Bertz CT molecular complexity index is 796. The monoisotopic (exact) mass is 359 g/mol. The lowest BCUT2D eigenvalue weighted by Gasteiger charge is -2.11. The Balaban J connectivity index is 2.11. The van der Waals surface area contributed by atoms with Crippen molar-refractivity contribution in [3.05, 3.63) is 46.6 Å². The highest BCUT2D eigenvalue weighted by Crippen LogP contribution is 2.27. The minimum Gasteiger partial charge on any atom is -0.370 e. The first-order valence-corrected chi connectivity index (χ1v) is 8.04. The predicted octanol–water partition coefficient (Wildman–Crippen LogP) is 3.23. The topological polar surface area (TPSA) is 68.2 Å². The predicted molar refractivity (Wildman–Crippen MR) is 93.0 cm³/mol. The highest BCUT2D eigenvalue weighted by Gasteiger charge is 2.12. The van der Waals surface area contributed by atoms with Crippen molar-refractivity contribution >= 4 is 27.4 Å². The first-order chi connectivity index (χ1) is 10.7. The third-order valence-corrected chi connectivity index (χ3v) is 4.10. The zero-order chi connectivity index (χ0) is 15.5. The molecule has 1 aromatic carbocycles. The summed E-state index contributed by atoms with van der Waals surface area (Å²) in [7, 11) is 0. The minimum atomic E-state index is 0.661. The van der Waals surface area contributed by atoms with E-state index in [1.807, 2.05) is 22.7 Å². The molecule has 0 amide bonds. The molecule has 22 heavy (non-hydrogen) atoms. The van der Waals surface area contributed by atoms with Gasteiger partial charge in [0.25, 0.3) is 0 Å². The van der Waals surface area contributed by atoms with Crippen LogP contribution in [0.1, 0.15) is 12.0 Å². The highest BCUT2D eigenvalue weighted by molar-refractivity contribution is 9.10. The third kappa shape index (κ3) is 2.84.